The van der Waals surface area contributed by atoms with Gasteiger partial charge in [-0.25, -0.2) is 4.79 Å². The Kier molecular flexibility index (Phi) is 2.56. The van der Waals surface area contributed by atoms with Gasteiger partial charge in [-0.15, -0.1) is 0 Å². The SMILES string of the molecule is CN1CC(C(=O)O)Oc2ccc(Br)cc21. The Morgan fingerprint density at radius 2 is 2.40 bits per heavy atom. The fourth-order valence-electron chi connectivity index (χ4n) is 1.55. The van der Waals surface area contributed by atoms with E-state index in [0.717, 1.165) is 10.2 Å². The number of ether oxygens (including phenoxy) is 1. The van der Waals surface area contributed by atoms with Gasteiger partial charge in [-0.2, -0.15) is 0 Å². The van der Waals surface area contributed by atoms with Crippen LogP contribution in [0.1, 0.15) is 0 Å². The summed E-state index contributed by atoms with van der Waals surface area (Å²) >= 11 is 3.36. The summed E-state index contributed by atoms with van der Waals surface area (Å²) in [6.45, 7) is 0.360. The van der Waals surface area contributed by atoms with E-state index in [4.69, 9.17) is 9.84 Å². The molecule has 0 saturated carbocycles. The topological polar surface area (TPSA) is 49.8 Å². The number of nitrogens with zero attached hydrogens (tertiary/aromatic N) is 1. The molecule has 1 unspecified atom stereocenters. The summed E-state index contributed by atoms with van der Waals surface area (Å²) in [6, 6.07) is 5.51. The summed E-state index contributed by atoms with van der Waals surface area (Å²) in [4.78, 5) is 12.7. The van der Waals surface area contributed by atoms with Crippen molar-refractivity contribution in [1.82, 2.24) is 0 Å². The van der Waals surface area contributed by atoms with Gasteiger partial charge in [0.05, 0.1) is 12.2 Å². The minimum atomic E-state index is -0.935. The number of hydrogen-bond donors (Lipinski definition) is 1. The second-order valence-electron chi connectivity index (χ2n) is 3.44. The molecule has 0 radical (unpaired) electrons. The number of halogens is 1. The molecule has 0 aliphatic carbocycles. The number of fused-ring (bicyclic) bond motifs is 1. The highest BCUT2D eigenvalue weighted by atomic mass is 79.9. The minimum Gasteiger partial charge on any atom is -0.478 e. The van der Waals surface area contributed by atoms with Gasteiger partial charge in [-0.05, 0) is 18.2 Å². The molecule has 1 aromatic carbocycles. The van der Waals surface area contributed by atoms with Gasteiger partial charge in [-0.1, -0.05) is 15.9 Å². The summed E-state index contributed by atoms with van der Waals surface area (Å²) in [5.41, 5.74) is 0.905. The number of rotatable bonds is 1. The van der Waals surface area contributed by atoms with E-state index in [0.29, 0.717) is 12.3 Å². The number of carboxylic acids is 1. The van der Waals surface area contributed by atoms with E-state index in [9.17, 15) is 4.79 Å². The average Bonchev–Trinajstić information content (AvgIpc) is 2.18. The first-order valence-corrected chi connectivity index (χ1v) is 5.27. The van der Waals surface area contributed by atoms with Crippen LogP contribution in [0.2, 0.25) is 0 Å². The van der Waals surface area contributed by atoms with E-state index in [2.05, 4.69) is 15.9 Å². The summed E-state index contributed by atoms with van der Waals surface area (Å²) in [5.74, 6) is -0.324. The van der Waals surface area contributed by atoms with Crippen molar-refractivity contribution >= 4 is 27.6 Å². The fraction of sp³-hybridized carbons (Fsp3) is 0.300. The molecular weight excluding hydrogens is 262 g/mol. The first-order chi connectivity index (χ1) is 7.08. The molecule has 0 aromatic heterocycles. The highest BCUT2D eigenvalue weighted by molar-refractivity contribution is 9.10. The molecule has 5 heteroatoms. The molecule has 2 rings (SSSR count). The van der Waals surface area contributed by atoms with Gasteiger partial charge >= 0.3 is 5.97 Å². The van der Waals surface area contributed by atoms with E-state index < -0.39 is 12.1 Å². The fourth-order valence-corrected chi connectivity index (χ4v) is 1.90. The van der Waals surface area contributed by atoms with Crippen molar-refractivity contribution in [2.45, 2.75) is 6.10 Å². The van der Waals surface area contributed by atoms with Crippen LogP contribution in [0, 0.1) is 0 Å². The predicted octanol–water partition coefficient (Wildman–Crippen LogP) is 1.73. The van der Waals surface area contributed by atoms with Crippen molar-refractivity contribution < 1.29 is 14.6 Å². The first-order valence-electron chi connectivity index (χ1n) is 4.48. The van der Waals surface area contributed by atoms with E-state index in [1.807, 2.05) is 24.1 Å². The summed E-state index contributed by atoms with van der Waals surface area (Å²) in [7, 11) is 1.85. The predicted molar refractivity (Wildman–Crippen MR) is 59.5 cm³/mol. The molecular formula is C10H10BrNO3. The van der Waals surface area contributed by atoms with Crippen molar-refractivity contribution in [2.24, 2.45) is 0 Å². The van der Waals surface area contributed by atoms with Crippen LogP contribution < -0.4 is 9.64 Å². The van der Waals surface area contributed by atoms with E-state index in [1.54, 1.807) is 6.07 Å². The second-order valence-corrected chi connectivity index (χ2v) is 4.35. The summed E-state index contributed by atoms with van der Waals surface area (Å²) < 4.78 is 6.31. The molecule has 0 amide bonds. The van der Waals surface area contributed by atoms with Gasteiger partial charge in [0.2, 0.25) is 6.10 Å². The molecule has 80 valence electrons. The molecule has 15 heavy (non-hydrogen) atoms. The minimum absolute atomic E-state index is 0.360. The van der Waals surface area contributed by atoms with Crippen LogP contribution in [0.25, 0.3) is 0 Å². The Morgan fingerprint density at radius 3 is 3.07 bits per heavy atom. The second kappa shape index (κ2) is 3.73. The van der Waals surface area contributed by atoms with Crippen molar-refractivity contribution in [3.8, 4) is 5.75 Å². The molecule has 0 spiro atoms. The van der Waals surface area contributed by atoms with Gasteiger partial charge in [-0.3, -0.25) is 0 Å². The summed E-state index contributed by atoms with van der Waals surface area (Å²) in [5, 5.41) is 8.88. The number of likely N-dealkylation sites (N-methyl/N-ethyl adjacent to an activating group) is 1. The van der Waals surface area contributed by atoms with Gasteiger partial charge in [0.15, 0.2) is 0 Å². The third-order valence-electron chi connectivity index (χ3n) is 2.32. The number of benzene rings is 1. The zero-order valence-electron chi connectivity index (χ0n) is 8.11. The Hall–Kier alpha value is -1.23. The lowest BCUT2D eigenvalue weighted by Gasteiger charge is -2.31. The average molecular weight is 272 g/mol. The molecule has 0 fully saturated rings. The van der Waals surface area contributed by atoms with Crippen molar-refractivity contribution in [1.29, 1.82) is 0 Å². The standard InChI is InChI=1S/C10H10BrNO3/c1-12-5-9(10(13)14)15-8-3-2-6(11)4-7(8)12/h2-4,9H,5H2,1H3,(H,13,14). The maximum absolute atomic E-state index is 10.8. The van der Waals surface area contributed by atoms with Crippen molar-refractivity contribution in [3.05, 3.63) is 22.7 Å². The third-order valence-corrected chi connectivity index (χ3v) is 2.81. The number of anilines is 1. The van der Waals surface area contributed by atoms with Gasteiger partial charge in [0.25, 0.3) is 0 Å². The number of aliphatic carboxylic acids is 1. The quantitative estimate of drug-likeness (QED) is 0.845. The number of hydrogen-bond acceptors (Lipinski definition) is 3. The lowest BCUT2D eigenvalue weighted by atomic mass is 10.2. The molecule has 1 aliphatic heterocycles. The van der Waals surface area contributed by atoms with Crippen LogP contribution >= 0.6 is 15.9 Å². The number of carboxylic acid groups (broad SMARTS) is 1. The van der Waals surface area contributed by atoms with Gasteiger partial charge in [0, 0.05) is 11.5 Å². The van der Waals surface area contributed by atoms with Gasteiger partial charge in [0.1, 0.15) is 5.75 Å². The van der Waals surface area contributed by atoms with Gasteiger partial charge < -0.3 is 14.7 Å². The van der Waals surface area contributed by atoms with Crippen LogP contribution in [0.3, 0.4) is 0 Å². The molecule has 0 saturated heterocycles. The molecule has 1 heterocycles. The van der Waals surface area contributed by atoms with Crippen LogP contribution in [-0.4, -0.2) is 30.8 Å². The van der Waals surface area contributed by atoms with Crippen LogP contribution in [0.5, 0.6) is 5.75 Å². The Balaban J connectivity index is 2.36. The van der Waals surface area contributed by atoms with Crippen molar-refractivity contribution in [2.75, 3.05) is 18.5 Å². The maximum Gasteiger partial charge on any atom is 0.346 e. The smallest absolute Gasteiger partial charge is 0.346 e. The zero-order valence-corrected chi connectivity index (χ0v) is 9.69. The summed E-state index contributed by atoms with van der Waals surface area (Å²) in [6.07, 6.45) is -0.788. The molecule has 4 nitrogen and oxygen atoms in total. The highest BCUT2D eigenvalue weighted by Crippen LogP contribution is 2.34. The Morgan fingerprint density at radius 1 is 1.67 bits per heavy atom. The lowest BCUT2D eigenvalue weighted by Crippen LogP contribution is -2.42. The third kappa shape index (κ3) is 1.92. The molecule has 1 aliphatic rings. The van der Waals surface area contributed by atoms with Crippen LogP contribution in [0.15, 0.2) is 22.7 Å². The lowest BCUT2D eigenvalue weighted by molar-refractivity contribution is -0.144. The molecule has 1 atom stereocenters. The number of carbonyl (C=O) groups is 1. The maximum atomic E-state index is 10.8. The van der Waals surface area contributed by atoms with E-state index in [1.165, 1.54) is 0 Å². The molecule has 0 bridgehead atoms. The molecule has 1 aromatic rings. The monoisotopic (exact) mass is 271 g/mol. The van der Waals surface area contributed by atoms with Crippen LogP contribution in [-0.2, 0) is 4.79 Å². The van der Waals surface area contributed by atoms with Crippen LogP contribution in [0.4, 0.5) is 5.69 Å². The first kappa shape index (κ1) is 10.3. The van der Waals surface area contributed by atoms with E-state index >= 15 is 0 Å². The zero-order chi connectivity index (χ0) is 11.0. The highest BCUT2D eigenvalue weighted by Gasteiger charge is 2.28. The normalized spacial score (nSPS) is 19.3. The Bertz CT molecular complexity index is 408. The van der Waals surface area contributed by atoms with Crippen molar-refractivity contribution in [3.63, 3.8) is 0 Å². The molecule has 1 N–H and O–H groups in total. The van der Waals surface area contributed by atoms with E-state index in [-0.39, 0.29) is 0 Å². The Labute approximate surface area is 95.6 Å². The largest absolute Gasteiger partial charge is 0.478 e.